The molecule has 0 heterocycles. The zero-order chi connectivity index (χ0) is 11.8. The molecule has 0 aromatic heterocycles. The molecule has 0 bridgehead atoms. The summed E-state index contributed by atoms with van der Waals surface area (Å²) < 4.78 is 19.0. The number of nitrogens with one attached hydrogen (secondary N) is 1. The Morgan fingerprint density at radius 3 is 2.94 bits per heavy atom. The smallest absolute Gasteiger partial charge is 0.165 e. The van der Waals surface area contributed by atoms with Crippen LogP contribution in [0.3, 0.4) is 0 Å². The fraction of sp³-hybridized carbons (Fsp3) is 0.500. The van der Waals surface area contributed by atoms with Crippen molar-refractivity contribution >= 4 is 11.8 Å². The van der Waals surface area contributed by atoms with Crippen LogP contribution in [0.4, 0.5) is 4.39 Å². The highest BCUT2D eigenvalue weighted by Crippen LogP contribution is 2.22. The quantitative estimate of drug-likeness (QED) is 0.744. The molecule has 0 fully saturated rings. The Morgan fingerprint density at radius 1 is 1.44 bits per heavy atom. The highest BCUT2D eigenvalue weighted by molar-refractivity contribution is 7.98. The molecule has 0 amide bonds. The van der Waals surface area contributed by atoms with Crippen molar-refractivity contribution in [2.45, 2.75) is 13.5 Å². The summed E-state index contributed by atoms with van der Waals surface area (Å²) in [5.41, 5.74) is 0.878. The molecule has 0 saturated heterocycles. The van der Waals surface area contributed by atoms with Gasteiger partial charge >= 0.3 is 0 Å². The summed E-state index contributed by atoms with van der Waals surface area (Å²) in [6.45, 7) is 4.07. The van der Waals surface area contributed by atoms with Crippen molar-refractivity contribution in [1.82, 2.24) is 5.32 Å². The minimum atomic E-state index is -0.281. The highest BCUT2D eigenvalue weighted by Gasteiger charge is 2.08. The summed E-state index contributed by atoms with van der Waals surface area (Å²) in [5.74, 6) is 0.976. The van der Waals surface area contributed by atoms with Gasteiger partial charge in [0.15, 0.2) is 11.6 Å². The van der Waals surface area contributed by atoms with Gasteiger partial charge in [-0.05, 0) is 18.9 Å². The maximum Gasteiger partial charge on any atom is 0.165 e. The number of hydrogen-bond acceptors (Lipinski definition) is 3. The minimum Gasteiger partial charge on any atom is -0.489 e. The van der Waals surface area contributed by atoms with Gasteiger partial charge < -0.3 is 10.1 Å². The standard InChI is InChI=1S/C12H18FNOS/c1-3-14-9-10-5-4-6-11(13)12(10)15-7-8-16-2/h4-6,14H,3,7-9H2,1-2H3. The second kappa shape index (κ2) is 7.52. The molecule has 90 valence electrons. The van der Waals surface area contributed by atoms with Gasteiger partial charge in [0.05, 0.1) is 6.61 Å². The van der Waals surface area contributed by atoms with E-state index in [1.54, 1.807) is 17.8 Å². The van der Waals surface area contributed by atoms with E-state index in [0.29, 0.717) is 18.9 Å². The van der Waals surface area contributed by atoms with Crippen LogP contribution in [0.5, 0.6) is 5.75 Å². The zero-order valence-corrected chi connectivity index (χ0v) is 10.6. The normalized spacial score (nSPS) is 10.4. The average Bonchev–Trinajstić information content (AvgIpc) is 2.29. The average molecular weight is 243 g/mol. The van der Waals surface area contributed by atoms with Gasteiger partial charge in [-0.3, -0.25) is 0 Å². The molecule has 0 atom stereocenters. The molecule has 2 nitrogen and oxygen atoms in total. The van der Waals surface area contributed by atoms with Crippen molar-refractivity contribution in [2.24, 2.45) is 0 Å². The molecule has 0 radical (unpaired) electrons. The maximum absolute atomic E-state index is 13.5. The van der Waals surface area contributed by atoms with Gasteiger partial charge in [-0.1, -0.05) is 19.1 Å². The van der Waals surface area contributed by atoms with Gasteiger partial charge in [0.25, 0.3) is 0 Å². The SMILES string of the molecule is CCNCc1cccc(F)c1OCCSC. The van der Waals surface area contributed by atoms with Gasteiger partial charge in [-0.25, -0.2) is 4.39 Å². The molecule has 1 rings (SSSR count). The van der Waals surface area contributed by atoms with Crippen molar-refractivity contribution < 1.29 is 9.13 Å². The number of benzene rings is 1. The second-order valence-electron chi connectivity index (χ2n) is 3.35. The van der Waals surface area contributed by atoms with Crippen LogP contribution in [0.15, 0.2) is 18.2 Å². The second-order valence-corrected chi connectivity index (χ2v) is 4.34. The monoisotopic (exact) mass is 243 g/mol. The molecule has 0 saturated carbocycles. The van der Waals surface area contributed by atoms with Crippen molar-refractivity contribution in [3.05, 3.63) is 29.6 Å². The molecule has 4 heteroatoms. The predicted octanol–water partition coefficient (Wildman–Crippen LogP) is 2.68. The lowest BCUT2D eigenvalue weighted by Crippen LogP contribution is -2.14. The molecule has 16 heavy (non-hydrogen) atoms. The zero-order valence-electron chi connectivity index (χ0n) is 9.75. The first-order chi connectivity index (χ1) is 7.79. The fourth-order valence-electron chi connectivity index (χ4n) is 1.34. The van der Waals surface area contributed by atoms with Gasteiger partial charge in [0.2, 0.25) is 0 Å². The number of ether oxygens (including phenoxy) is 1. The predicted molar refractivity (Wildman–Crippen MR) is 67.7 cm³/mol. The molecule has 0 unspecified atom stereocenters. The summed E-state index contributed by atoms with van der Waals surface area (Å²) in [7, 11) is 0. The molecule has 0 aliphatic carbocycles. The van der Waals surface area contributed by atoms with Crippen LogP contribution in [-0.2, 0) is 6.54 Å². The number of halogens is 1. The topological polar surface area (TPSA) is 21.3 Å². The number of para-hydroxylation sites is 1. The summed E-state index contributed by atoms with van der Waals surface area (Å²) in [6.07, 6.45) is 2.00. The van der Waals surface area contributed by atoms with E-state index in [1.165, 1.54) is 6.07 Å². The molecule has 0 aliphatic heterocycles. The fourth-order valence-corrected chi connectivity index (χ4v) is 1.59. The van der Waals surface area contributed by atoms with Gasteiger partial charge in [0.1, 0.15) is 0 Å². The van der Waals surface area contributed by atoms with Crippen LogP contribution in [-0.4, -0.2) is 25.2 Å². The van der Waals surface area contributed by atoms with Crippen LogP contribution in [0.2, 0.25) is 0 Å². The maximum atomic E-state index is 13.5. The summed E-state index contributed by atoms with van der Waals surface area (Å²) in [5, 5.41) is 3.17. The first-order valence-corrected chi connectivity index (χ1v) is 6.78. The molecular formula is C12H18FNOS. The third-order valence-electron chi connectivity index (χ3n) is 2.15. The Morgan fingerprint density at radius 2 is 2.25 bits per heavy atom. The first kappa shape index (κ1) is 13.3. The van der Waals surface area contributed by atoms with Gasteiger partial charge in [-0.2, -0.15) is 11.8 Å². The minimum absolute atomic E-state index is 0.281. The third kappa shape index (κ3) is 4.02. The van der Waals surface area contributed by atoms with E-state index in [4.69, 9.17) is 4.74 Å². The third-order valence-corrected chi connectivity index (χ3v) is 2.72. The summed E-state index contributed by atoms with van der Waals surface area (Å²) >= 11 is 1.69. The van der Waals surface area contributed by atoms with E-state index >= 15 is 0 Å². The van der Waals surface area contributed by atoms with E-state index in [2.05, 4.69) is 5.32 Å². The van der Waals surface area contributed by atoms with Crippen LogP contribution < -0.4 is 10.1 Å². The van der Waals surface area contributed by atoms with Crippen molar-refractivity contribution in [3.8, 4) is 5.75 Å². The molecular weight excluding hydrogens is 225 g/mol. The van der Waals surface area contributed by atoms with E-state index < -0.39 is 0 Å². The molecule has 0 aliphatic rings. The molecule has 1 N–H and O–H groups in total. The van der Waals surface area contributed by atoms with E-state index in [-0.39, 0.29) is 5.82 Å². The van der Waals surface area contributed by atoms with Crippen LogP contribution in [0.1, 0.15) is 12.5 Å². The Bertz CT molecular complexity index is 320. The Kier molecular flexibility index (Phi) is 6.26. The van der Waals surface area contributed by atoms with Gasteiger partial charge in [0, 0.05) is 17.9 Å². The number of thioether (sulfide) groups is 1. The first-order valence-electron chi connectivity index (χ1n) is 5.39. The molecule has 1 aromatic carbocycles. The molecule has 0 spiro atoms. The lowest BCUT2D eigenvalue weighted by Gasteiger charge is -2.12. The molecule has 1 aromatic rings. The van der Waals surface area contributed by atoms with Crippen LogP contribution >= 0.6 is 11.8 Å². The van der Waals surface area contributed by atoms with Crippen LogP contribution in [0, 0.1) is 5.82 Å². The Balaban J connectivity index is 2.69. The van der Waals surface area contributed by atoms with Crippen LogP contribution in [0.25, 0.3) is 0 Å². The van der Waals surface area contributed by atoms with Gasteiger partial charge in [-0.15, -0.1) is 0 Å². The summed E-state index contributed by atoms with van der Waals surface area (Å²) in [6, 6.07) is 5.04. The Labute approximate surface area is 101 Å². The van der Waals surface area contributed by atoms with Crippen molar-refractivity contribution in [1.29, 1.82) is 0 Å². The summed E-state index contributed by atoms with van der Waals surface area (Å²) in [4.78, 5) is 0. The largest absolute Gasteiger partial charge is 0.489 e. The Hall–Kier alpha value is -0.740. The number of hydrogen-bond donors (Lipinski definition) is 1. The van der Waals surface area contributed by atoms with Crippen molar-refractivity contribution in [3.63, 3.8) is 0 Å². The van der Waals surface area contributed by atoms with E-state index in [9.17, 15) is 4.39 Å². The van der Waals surface area contributed by atoms with E-state index in [1.807, 2.05) is 19.2 Å². The lowest BCUT2D eigenvalue weighted by atomic mass is 10.2. The van der Waals surface area contributed by atoms with E-state index in [0.717, 1.165) is 17.9 Å². The number of rotatable bonds is 7. The highest BCUT2D eigenvalue weighted by atomic mass is 32.2. The lowest BCUT2D eigenvalue weighted by molar-refractivity contribution is 0.320. The van der Waals surface area contributed by atoms with Crippen molar-refractivity contribution in [2.75, 3.05) is 25.2 Å².